The Morgan fingerprint density at radius 2 is 2.00 bits per heavy atom. The molecular formula is C13H13N3O6S. The number of nitro groups is 1. The van der Waals surface area contributed by atoms with Crippen LogP contribution in [0, 0.1) is 10.1 Å². The van der Waals surface area contributed by atoms with Crippen LogP contribution in [0.1, 0.15) is 12.7 Å². The van der Waals surface area contributed by atoms with Crippen LogP contribution in [0.4, 0.5) is 5.88 Å². The molecule has 10 heteroatoms. The second-order valence-corrected chi connectivity index (χ2v) is 5.85. The van der Waals surface area contributed by atoms with E-state index < -0.39 is 20.8 Å². The molecule has 0 amide bonds. The van der Waals surface area contributed by atoms with Crippen LogP contribution in [0.3, 0.4) is 0 Å². The molecule has 1 N–H and O–H groups in total. The molecule has 0 aliphatic heterocycles. The zero-order chi connectivity index (χ0) is 16.9. The maximum Gasteiger partial charge on any atom is 0.433 e. The molecule has 0 unspecified atom stereocenters. The van der Waals surface area contributed by atoms with Crippen LogP contribution >= 0.6 is 0 Å². The lowest BCUT2D eigenvalue weighted by molar-refractivity contribution is -0.402. The minimum atomic E-state index is -3.85. The van der Waals surface area contributed by atoms with Crippen LogP contribution < -0.4 is 9.57 Å². The molecule has 23 heavy (non-hydrogen) atoms. The van der Waals surface area contributed by atoms with Gasteiger partial charge in [0.05, 0.1) is 23.8 Å². The summed E-state index contributed by atoms with van der Waals surface area (Å²) in [5.74, 6) is 0.143. The minimum Gasteiger partial charge on any atom is -0.494 e. The van der Waals surface area contributed by atoms with Crippen molar-refractivity contribution in [3.05, 3.63) is 52.3 Å². The molecule has 1 aromatic carbocycles. The van der Waals surface area contributed by atoms with E-state index in [0.717, 1.165) is 12.3 Å². The van der Waals surface area contributed by atoms with Crippen molar-refractivity contribution in [2.24, 2.45) is 5.10 Å². The molecule has 0 spiro atoms. The first kappa shape index (κ1) is 16.5. The minimum absolute atomic E-state index is 0.00327. The first-order valence-electron chi connectivity index (χ1n) is 6.44. The van der Waals surface area contributed by atoms with E-state index in [0.29, 0.717) is 12.4 Å². The van der Waals surface area contributed by atoms with Crippen LogP contribution in [0.15, 0.2) is 50.8 Å². The second kappa shape index (κ2) is 6.92. The number of sulfonamides is 1. The fourth-order valence-corrected chi connectivity index (χ4v) is 2.39. The number of benzene rings is 1. The number of furan rings is 1. The summed E-state index contributed by atoms with van der Waals surface area (Å²) >= 11 is 0. The van der Waals surface area contributed by atoms with Gasteiger partial charge in [-0.15, -0.1) is 0 Å². The molecule has 0 atom stereocenters. The van der Waals surface area contributed by atoms with Crippen molar-refractivity contribution in [2.75, 3.05) is 6.61 Å². The third-order valence-corrected chi connectivity index (χ3v) is 3.84. The van der Waals surface area contributed by atoms with Crippen LogP contribution in [-0.4, -0.2) is 26.2 Å². The lowest BCUT2D eigenvalue weighted by Gasteiger charge is -2.05. The molecule has 0 aliphatic carbocycles. The molecule has 0 aliphatic rings. The zero-order valence-electron chi connectivity index (χ0n) is 12.0. The molecule has 1 aromatic heterocycles. The van der Waals surface area contributed by atoms with Crippen LogP contribution in [0.25, 0.3) is 0 Å². The van der Waals surface area contributed by atoms with Gasteiger partial charge in [-0.1, -0.05) is 0 Å². The smallest absolute Gasteiger partial charge is 0.433 e. The molecule has 9 nitrogen and oxygen atoms in total. The quantitative estimate of drug-likeness (QED) is 0.467. The van der Waals surface area contributed by atoms with Gasteiger partial charge in [0.25, 0.3) is 10.0 Å². The number of ether oxygens (including phenoxy) is 1. The van der Waals surface area contributed by atoms with Crippen LogP contribution in [-0.2, 0) is 10.0 Å². The third kappa shape index (κ3) is 4.30. The number of nitrogens with one attached hydrogen (secondary N) is 1. The topological polar surface area (TPSA) is 124 Å². The number of hydrogen-bond acceptors (Lipinski definition) is 7. The predicted octanol–water partition coefficient (Wildman–Crippen LogP) is 1.90. The summed E-state index contributed by atoms with van der Waals surface area (Å²) < 4.78 is 34.0. The highest BCUT2D eigenvalue weighted by molar-refractivity contribution is 7.89. The predicted molar refractivity (Wildman–Crippen MR) is 80.9 cm³/mol. The maximum atomic E-state index is 12.0. The SMILES string of the molecule is CCOc1ccc(S(=O)(=O)N/N=C\c2ccc([N+](=O)[O-])o2)cc1. The van der Waals surface area contributed by atoms with E-state index in [1.807, 2.05) is 11.8 Å². The highest BCUT2D eigenvalue weighted by atomic mass is 32.2. The summed E-state index contributed by atoms with van der Waals surface area (Å²) in [5.41, 5.74) is 0. The van der Waals surface area contributed by atoms with Crippen molar-refractivity contribution < 1.29 is 22.5 Å². The summed E-state index contributed by atoms with van der Waals surface area (Å²) in [6, 6.07) is 8.24. The molecule has 0 radical (unpaired) electrons. The summed E-state index contributed by atoms with van der Waals surface area (Å²) in [4.78, 5) is 11.7. The van der Waals surface area contributed by atoms with E-state index in [1.54, 1.807) is 0 Å². The molecule has 1 heterocycles. The molecule has 122 valence electrons. The highest BCUT2D eigenvalue weighted by Crippen LogP contribution is 2.16. The summed E-state index contributed by atoms with van der Waals surface area (Å²) in [6.45, 7) is 2.30. The average molecular weight is 339 g/mol. The second-order valence-electron chi connectivity index (χ2n) is 4.19. The van der Waals surface area contributed by atoms with Gasteiger partial charge in [-0.05, 0) is 37.3 Å². The number of rotatable bonds is 7. The Kier molecular flexibility index (Phi) is 4.96. The largest absolute Gasteiger partial charge is 0.494 e. The van der Waals surface area contributed by atoms with Crippen molar-refractivity contribution in [3.8, 4) is 5.75 Å². The van der Waals surface area contributed by atoms with Gasteiger partial charge in [0.1, 0.15) is 10.7 Å². The summed E-state index contributed by atoms with van der Waals surface area (Å²) in [7, 11) is -3.85. The Bertz CT molecular complexity index is 810. The Hall–Kier alpha value is -2.88. The van der Waals surface area contributed by atoms with Gasteiger partial charge in [0, 0.05) is 0 Å². The fraction of sp³-hybridized carbons (Fsp3) is 0.154. The van der Waals surface area contributed by atoms with Crippen molar-refractivity contribution in [1.82, 2.24) is 4.83 Å². The summed E-state index contributed by atoms with van der Waals surface area (Å²) in [6.07, 6.45) is 1.03. The van der Waals surface area contributed by atoms with Gasteiger partial charge in [-0.3, -0.25) is 10.1 Å². The van der Waals surface area contributed by atoms with Gasteiger partial charge < -0.3 is 9.15 Å². The summed E-state index contributed by atoms with van der Waals surface area (Å²) in [5, 5.41) is 14.0. The molecule has 0 fully saturated rings. The van der Waals surface area contributed by atoms with Gasteiger partial charge in [-0.2, -0.15) is 18.4 Å². The Morgan fingerprint density at radius 1 is 1.30 bits per heavy atom. The monoisotopic (exact) mass is 339 g/mol. The van der Waals surface area contributed by atoms with Crippen molar-refractivity contribution in [1.29, 1.82) is 0 Å². The molecule has 0 bridgehead atoms. The molecular weight excluding hydrogens is 326 g/mol. The van der Waals surface area contributed by atoms with E-state index in [9.17, 15) is 18.5 Å². The van der Waals surface area contributed by atoms with Crippen molar-refractivity contribution in [3.63, 3.8) is 0 Å². The lowest BCUT2D eigenvalue weighted by Crippen LogP contribution is -2.18. The third-order valence-electron chi connectivity index (χ3n) is 2.60. The van der Waals surface area contributed by atoms with E-state index in [4.69, 9.17) is 9.15 Å². The van der Waals surface area contributed by atoms with E-state index in [-0.39, 0.29) is 10.7 Å². The molecule has 2 rings (SSSR count). The van der Waals surface area contributed by atoms with Crippen LogP contribution in [0.5, 0.6) is 5.75 Å². The number of hydrogen-bond donors (Lipinski definition) is 1. The average Bonchev–Trinajstić information content (AvgIpc) is 2.97. The van der Waals surface area contributed by atoms with Gasteiger partial charge in [0.2, 0.25) is 0 Å². The van der Waals surface area contributed by atoms with Crippen molar-refractivity contribution >= 4 is 22.1 Å². The normalized spacial score (nSPS) is 11.5. The zero-order valence-corrected chi connectivity index (χ0v) is 12.8. The van der Waals surface area contributed by atoms with E-state index in [2.05, 4.69) is 5.10 Å². The standard InChI is InChI=1S/C13H13N3O6S/c1-2-21-10-3-6-12(7-4-10)23(19,20)15-14-9-11-5-8-13(22-11)16(17)18/h3-9,15H,2H2,1H3/b14-9-. The van der Waals surface area contributed by atoms with Gasteiger partial charge >= 0.3 is 5.88 Å². The molecule has 0 saturated heterocycles. The van der Waals surface area contributed by atoms with E-state index in [1.165, 1.54) is 30.3 Å². The van der Waals surface area contributed by atoms with E-state index >= 15 is 0 Å². The number of hydrazone groups is 1. The Balaban J connectivity index is 2.05. The first-order valence-corrected chi connectivity index (χ1v) is 7.92. The van der Waals surface area contributed by atoms with Crippen LogP contribution in [0.2, 0.25) is 0 Å². The van der Waals surface area contributed by atoms with Gasteiger partial charge in [0.15, 0.2) is 5.76 Å². The number of nitrogens with zero attached hydrogens (tertiary/aromatic N) is 2. The van der Waals surface area contributed by atoms with Crippen molar-refractivity contribution in [2.45, 2.75) is 11.8 Å². The first-order chi connectivity index (χ1) is 10.9. The Labute approximate surface area is 131 Å². The maximum absolute atomic E-state index is 12.0. The molecule has 2 aromatic rings. The lowest BCUT2D eigenvalue weighted by atomic mass is 10.3. The fourth-order valence-electron chi connectivity index (χ4n) is 1.60. The molecule has 0 saturated carbocycles. The van der Waals surface area contributed by atoms with Gasteiger partial charge in [-0.25, -0.2) is 0 Å². The Morgan fingerprint density at radius 3 is 2.57 bits per heavy atom. The highest BCUT2D eigenvalue weighted by Gasteiger charge is 2.13.